The van der Waals surface area contributed by atoms with Crippen molar-refractivity contribution < 1.29 is 13.2 Å². The summed E-state index contributed by atoms with van der Waals surface area (Å²) in [6, 6.07) is 3.84. The highest BCUT2D eigenvalue weighted by molar-refractivity contribution is 7.95. The Bertz CT molecular complexity index is 490. The number of halogens is 1. The van der Waals surface area contributed by atoms with Gasteiger partial charge < -0.3 is 4.74 Å². The van der Waals surface area contributed by atoms with E-state index in [1.165, 1.54) is 30.7 Å². The van der Waals surface area contributed by atoms with Crippen LogP contribution in [0.25, 0.3) is 0 Å². The van der Waals surface area contributed by atoms with Gasteiger partial charge in [0.2, 0.25) is 0 Å². The second-order valence-electron chi connectivity index (χ2n) is 2.39. The van der Waals surface area contributed by atoms with Gasteiger partial charge in [-0.1, -0.05) is 11.6 Å². The van der Waals surface area contributed by atoms with Crippen molar-refractivity contribution in [1.82, 2.24) is 0 Å². The molecule has 0 aliphatic rings. The Morgan fingerprint density at radius 2 is 2.14 bits per heavy atom. The lowest BCUT2D eigenvalue weighted by atomic mass is 10.3. The van der Waals surface area contributed by atoms with E-state index in [1.54, 1.807) is 0 Å². The van der Waals surface area contributed by atoms with E-state index in [0.717, 1.165) is 0 Å². The van der Waals surface area contributed by atoms with Gasteiger partial charge in [-0.2, -0.15) is 5.26 Å². The number of hydrogen-bond acceptors (Lipinski definition) is 4. The van der Waals surface area contributed by atoms with Gasteiger partial charge in [0.05, 0.1) is 17.0 Å². The number of nitrogens with zero attached hydrogens (tertiary/aromatic N) is 1. The van der Waals surface area contributed by atoms with Crippen LogP contribution in [0.4, 0.5) is 0 Å². The lowest BCUT2D eigenvalue weighted by Crippen LogP contribution is -1.96. The second-order valence-corrected chi connectivity index (χ2v) is 4.46. The lowest BCUT2D eigenvalue weighted by Gasteiger charge is -2.03. The minimum Gasteiger partial charge on any atom is -0.495 e. The summed E-state index contributed by atoms with van der Waals surface area (Å²) >= 11 is 5.69. The van der Waals surface area contributed by atoms with Gasteiger partial charge in [0, 0.05) is 0 Å². The fraction of sp³-hybridized carbons (Fsp3) is 0.125. The van der Waals surface area contributed by atoms with E-state index in [-0.39, 0.29) is 9.92 Å². The van der Waals surface area contributed by atoms with Gasteiger partial charge in [0.25, 0.3) is 9.84 Å². The van der Waals surface area contributed by atoms with Crippen molar-refractivity contribution in [2.75, 3.05) is 7.11 Å². The van der Waals surface area contributed by atoms with E-state index in [2.05, 4.69) is 0 Å². The molecular formula is C8H6ClNO3S. The first-order valence-corrected chi connectivity index (χ1v) is 5.37. The van der Waals surface area contributed by atoms with E-state index in [4.69, 9.17) is 21.6 Å². The van der Waals surface area contributed by atoms with Crippen molar-refractivity contribution in [2.24, 2.45) is 0 Å². The molecule has 0 saturated carbocycles. The fourth-order valence-corrected chi connectivity index (χ4v) is 1.81. The Balaban J connectivity index is 3.31. The monoisotopic (exact) mass is 231 g/mol. The zero-order valence-corrected chi connectivity index (χ0v) is 8.76. The Morgan fingerprint density at radius 1 is 1.50 bits per heavy atom. The van der Waals surface area contributed by atoms with Crippen molar-refractivity contribution in [3.8, 4) is 11.2 Å². The molecule has 0 N–H and O–H groups in total. The molecule has 0 aromatic heterocycles. The van der Waals surface area contributed by atoms with Gasteiger partial charge in [-0.25, -0.2) is 8.42 Å². The third-order valence-corrected chi connectivity index (χ3v) is 2.96. The van der Waals surface area contributed by atoms with Gasteiger partial charge in [-0.3, -0.25) is 0 Å². The Morgan fingerprint density at radius 3 is 2.57 bits per heavy atom. The van der Waals surface area contributed by atoms with Gasteiger partial charge >= 0.3 is 0 Å². The molecule has 0 bridgehead atoms. The molecule has 4 nitrogen and oxygen atoms in total. The molecule has 14 heavy (non-hydrogen) atoms. The molecule has 0 amide bonds. The summed E-state index contributed by atoms with van der Waals surface area (Å²) < 4.78 is 27.0. The average Bonchev–Trinajstić information content (AvgIpc) is 2.17. The number of ether oxygens (including phenoxy) is 1. The molecule has 6 heteroatoms. The zero-order valence-electron chi connectivity index (χ0n) is 7.19. The maximum Gasteiger partial charge on any atom is 0.269 e. The topological polar surface area (TPSA) is 67.2 Å². The minimum absolute atomic E-state index is 0.134. The number of thiocyanates is 1. The van der Waals surface area contributed by atoms with Crippen LogP contribution in [0, 0.1) is 10.7 Å². The quantitative estimate of drug-likeness (QED) is 0.573. The summed E-state index contributed by atoms with van der Waals surface area (Å²) in [6.45, 7) is 0. The van der Waals surface area contributed by atoms with Crippen molar-refractivity contribution in [3.63, 3.8) is 0 Å². The summed E-state index contributed by atoms with van der Waals surface area (Å²) in [5, 5.41) is 9.70. The van der Waals surface area contributed by atoms with Gasteiger partial charge in [-0.05, 0) is 18.2 Å². The first kappa shape index (κ1) is 10.8. The van der Waals surface area contributed by atoms with Crippen LogP contribution in [-0.4, -0.2) is 15.5 Å². The highest BCUT2D eigenvalue weighted by Crippen LogP contribution is 2.26. The molecule has 1 aromatic carbocycles. The summed E-state index contributed by atoms with van der Waals surface area (Å²) in [5.41, 5.74) is 0. The number of methoxy groups -OCH3 is 1. The highest BCUT2D eigenvalue weighted by Gasteiger charge is 2.14. The van der Waals surface area contributed by atoms with Gasteiger partial charge in [0.15, 0.2) is 5.40 Å². The highest BCUT2D eigenvalue weighted by atomic mass is 35.5. The number of sulfone groups is 1. The minimum atomic E-state index is -3.88. The standard InChI is InChI=1S/C8H6ClNO3S/c1-13-8-3-2-6(4-7(8)9)14(11,12)5-10/h2-4H,1H3. The Labute approximate surface area is 86.6 Å². The summed E-state index contributed by atoms with van der Waals surface area (Å²) in [7, 11) is -2.46. The van der Waals surface area contributed by atoms with Crippen LogP contribution in [-0.2, 0) is 9.84 Å². The van der Waals surface area contributed by atoms with Gasteiger partial charge in [0.1, 0.15) is 5.75 Å². The predicted molar refractivity (Wildman–Crippen MR) is 50.8 cm³/mol. The number of rotatable bonds is 2. The van der Waals surface area contributed by atoms with Crippen LogP contribution < -0.4 is 4.74 Å². The summed E-state index contributed by atoms with van der Waals surface area (Å²) in [6.07, 6.45) is 0. The molecule has 0 spiro atoms. The second kappa shape index (κ2) is 3.86. The summed E-state index contributed by atoms with van der Waals surface area (Å²) in [5.74, 6) is 0.364. The third-order valence-electron chi connectivity index (χ3n) is 1.55. The van der Waals surface area contributed by atoms with Gasteiger partial charge in [-0.15, -0.1) is 0 Å². The molecule has 1 aromatic rings. The first-order valence-electron chi connectivity index (χ1n) is 3.50. The van der Waals surface area contributed by atoms with Crippen molar-refractivity contribution in [2.45, 2.75) is 4.90 Å². The van der Waals surface area contributed by atoms with E-state index < -0.39 is 9.84 Å². The lowest BCUT2D eigenvalue weighted by molar-refractivity contribution is 0.414. The van der Waals surface area contributed by atoms with Crippen LogP contribution in [0.15, 0.2) is 23.1 Å². The molecule has 0 aliphatic carbocycles. The van der Waals surface area contributed by atoms with Crippen LogP contribution in [0.1, 0.15) is 0 Å². The maximum atomic E-state index is 11.1. The predicted octanol–water partition coefficient (Wildman–Crippen LogP) is 1.60. The number of nitriles is 1. The van der Waals surface area contributed by atoms with Crippen molar-refractivity contribution in [1.29, 1.82) is 5.26 Å². The van der Waals surface area contributed by atoms with Crippen LogP contribution in [0.5, 0.6) is 5.75 Å². The molecule has 0 unspecified atom stereocenters. The third kappa shape index (κ3) is 1.97. The smallest absolute Gasteiger partial charge is 0.269 e. The largest absolute Gasteiger partial charge is 0.495 e. The molecule has 74 valence electrons. The zero-order chi connectivity index (χ0) is 10.8. The van der Waals surface area contributed by atoms with Crippen molar-refractivity contribution >= 4 is 21.4 Å². The van der Waals surface area contributed by atoms with E-state index in [1.807, 2.05) is 0 Å². The molecule has 0 fully saturated rings. The molecule has 0 atom stereocenters. The Hall–Kier alpha value is -1.25. The maximum absolute atomic E-state index is 11.1. The van der Waals surface area contributed by atoms with E-state index in [9.17, 15) is 8.42 Å². The van der Waals surface area contributed by atoms with E-state index in [0.29, 0.717) is 5.75 Å². The van der Waals surface area contributed by atoms with E-state index >= 15 is 0 Å². The normalized spacial score (nSPS) is 10.6. The number of hydrogen-bond donors (Lipinski definition) is 0. The SMILES string of the molecule is COc1ccc(S(=O)(=O)C#N)cc1Cl. The molecule has 0 saturated heterocycles. The number of benzene rings is 1. The molecule has 1 rings (SSSR count). The molecule has 0 heterocycles. The molecule has 0 aliphatic heterocycles. The van der Waals surface area contributed by atoms with Crippen LogP contribution in [0.3, 0.4) is 0 Å². The summed E-state index contributed by atoms with van der Waals surface area (Å²) in [4.78, 5) is -0.134. The average molecular weight is 232 g/mol. The molecular weight excluding hydrogens is 226 g/mol. The van der Waals surface area contributed by atoms with Crippen LogP contribution >= 0.6 is 11.6 Å². The van der Waals surface area contributed by atoms with Crippen LogP contribution in [0.2, 0.25) is 5.02 Å². The first-order chi connectivity index (χ1) is 6.51. The Kier molecular flexibility index (Phi) is 2.99. The fourth-order valence-electron chi connectivity index (χ4n) is 0.867. The van der Waals surface area contributed by atoms with Crippen molar-refractivity contribution in [3.05, 3.63) is 23.2 Å². The molecule has 0 radical (unpaired) electrons.